The number of ketones is 1. The Labute approximate surface area is 141 Å². The molecular weight excluding hydrogens is 394 g/mol. The van der Waals surface area contributed by atoms with Crippen molar-refractivity contribution in [2.45, 2.75) is 11.8 Å². The topological polar surface area (TPSA) is 83.5 Å². The number of rotatable bonds is 4. The van der Waals surface area contributed by atoms with Gasteiger partial charge in [0.2, 0.25) is 0 Å². The molecule has 0 heterocycles. The van der Waals surface area contributed by atoms with Crippen LogP contribution in [0.15, 0.2) is 45.8 Å². The molecule has 0 aliphatic rings. The Balaban J connectivity index is 2.50. The van der Waals surface area contributed by atoms with Gasteiger partial charge in [0.1, 0.15) is 4.90 Å². The van der Waals surface area contributed by atoms with Crippen LogP contribution < -0.4 is 4.72 Å². The number of phenolic OH excluding ortho intramolecular Hbond substituents is 1. The van der Waals surface area contributed by atoms with Crippen LogP contribution in [-0.2, 0) is 10.0 Å². The maximum absolute atomic E-state index is 12.4. The number of sulfonamides is 1. The normalized spacial score (nSPS) is 11.2. The van der Waals surface area contributed by atoms with Gasteiger partial charge in [0.15, 0.2) is 11.5 Å². The molecule has 0 fully saturated rings. The summed E-state index contributed by atoms with van der Waals surface area (Å²) in [4.78, 5) is 11.3. The number of nitrogens with one attached hydrogen (secondary N) is 1. The predicted octanol–water partition coefficient (Wildman–Crippen LogP) is 3.81. The number of carbonyl (C=O) groups is 1. The number of hydrogen-bond acceptors (Lipinski definition) is 4. The van der Waals surface area contributed by atoms with Crippen LogP contribution >= 0.6 is 27.5 Å². The highest BCUT2D eigenvalue weighted by Gasteiger charge is 2.22. The number of hydrogen-bond donors (Lipinski definition) is 2. The van der Waals surface area contributed by atoms with Gasteiger partial charge >= 0.3 is 0 Å². The van der Waals surface area contributed by atoms with E-state index in [0.717, 1.165) is 0 Å². The molecule has 5 nitrogen and oxygen atoms in total. The molecular formula is C14H11BrClNO4S. The van der Waals surface area contributed by atoms with Crippen molar-refractivity contribution in [3.63, 3.8) is 0 Å². The minimum Gasteiger partial charge on any atom is -0.505 e. The first kappa shape index (κ1) is 16.8. The first-order valence-corrected chi connectivity index (χ1v) is 8.68. The molecule has 0 bridgehead atoms. The standard InChI is InChI=1S/C14H11BrClNO4S/c1-8(18)10-7-9(15)5-6-12(10)17-22(20,21)13-4-2-3-11(16)14(13)19/h2-7,17,19H,1H3. The number of aromatic hydroxyl groups is 1. The largest absolute Gasteiger partial charge is 0.505 e. The molecule has 0 aromatic heterocycles. The molecule has 0 aliphatic carbocycles. The zero-order valence-electron chi connectivity index (χ0n) is 11.3. The minimum absolute atomic E-state index is 0.0783. The Morgan fingerprint density at radius 1 is 1.27 bits per heavy atom. The third-order valence-corrected chi connectivity index (χ3v) is 5.04. The molecule has 22 heavy (non-hydrogen) atoms. The molecule has 0 aliphatic heterocycles. The van der Waals surface area contributed by atoms with Crippen LogP contribution in [0.25, 0.3) is 0 Å². The van der Waals surface area contributed by atoms with Gasteiger partial charge in [-0.25, -0.2) is 8.42 Å². The van der Waals surface area contributed by atoms with E-state index in [2.05, 4.69) is 20.7 Å². The number of benzene rings is 2. The van der Waals surface area contributed by atoms with Gasteiger partial charge < -0.3 is 5.11 Å². The molecule has 116 valence electrons. The maximum Gasteiger partial charge on any atom is 0.265 e. The van der Waals surface area contributed by atoms with Crippen molar-refractivity contribution in [3.05, 3.63) is 51.5 Å². The average molecular weight is 405 g/mol. The number of phenols is 1. The van der Waals surface area contributed by atoms with Gasteiger partial charge in [0.25, 0.3) is 10.0 Å². The van der Waals surface area contributed by atoms with Crippen LogP contribution in [0.4, 0.5) is 5.69 Å². The number of anilines is 1. The second-order valence-corrected chi connectivity index (χ2v) is 7.41. The highest BCUT2D eigenvalue weighted by atomic mass is 79.9. The first-order chi connectivity index (χ1) is 10.2. The van der Waals surface area contributed by atoms with E-state index >= 15 is 0 Å². The summed E-state index contributed by atoms with van der Waals surface area (Å²) in [6.45, 7) is 1.33. The monoisotopic (exact) mass is 403 g/mol. The number of halogens is 2. The summed E-state index contributed by atoms with van der Waals surface area (Å²) in [6, 6.07) is 8.57. The van der Waals surface area contributed by atoms with E-state index in [1.807, 2.05) is 0 Å². The Morgan fingerprint density at radius 2 is 1.95 bits per heavy atom. The van der Waals surface area contributed by atoms with Crippen molar-refractivity contribution in [3.8, 4) is 5.75 Å². The molecule has 0 radical (unpaired) electrons. The quantitative estimate of drug-likeness (QED) is 0.759. The maximum atomic E-state index is 12.4. The molecule has 0 saturated carbocycles. The second kappa shape index (κ2) is 6.28. The molecule has 0 amide bonds. The lowest BCUT2D eigenvalue weighted by atomic mass is 10.1. The Hall–Kier alpha value is -1.57. The fraction of sp³-hybridized carbons (Fsp3) is 0.0714. The van der Waals surface area contributed by atoms with Crippen molar-refractivity contribution < 1.29 is 18.3 Å². The molecule has 0 saturated heterocycles. The van der Waals surface area contributed by atoms with Crippen LogP contribution in [-0.4, -0.2) is 19.3 Å². The van der Waals surface area contributed by atoms with E-state index in [-0.39, 0.29) is 27.0 Å². The smallest absolute Gasteiger partial charge is 0.265 e. The van der Waals surface area contributed by atoms with E-state index < -0.39 is 15.8 Å². The SMILES string of the molecule is CC(=O)c1cc(Br)ccc1NS(=O)(=O)c1cccc(Cl)c1O. The van der Waals surface area contributed by atoms with Crippen molar-refractivity contribution in [1.29, 1.82) is 0 Å². The molecule has 8 heteroatoms. The molecule has 2 aromatic carbocycles. The van der Waals surface area contributed by atoms with Crippen LogP contribution in [0, 0.1) is 0 Å². The lowest BCUT2D eigenvalue weighted by Gasteiger charge is -2.13. The van der Waals surface area contributed by atoms with Crippen molar-refractivity contribution >= 4 is 49.0 Å². The Bertz CT molecular complexity index is 852. The third kappa shape index (κ3) is 3.43. The molecule has 2 N–H and O–H groups in total. The highest BCUT2D eigenvalue weighted by molar-refractivity contribution is 9.10. The van der Waals surface area contributed by atoms with Gasteiger partial charge in [-0.3, -0.25) is 9.52 Å². The third-order valence-electron chi connectivity index (χ3n) is 2.84. The van der Waals surface area contributed by atoms with E-state index in [1.54, 1.807) is 6.07 Å². The zero-order valence-corrected chi connectivity index (χ0v) is 14.5. The fourth-order valence-corrected chi connectivity index (χ4v) is 3.60. The summed E-state index contributed by atoms with van der Waals surface area (Å²) < 4.78 is 27.7. The second-order valence-electron chi connectivity index (χ2n) is 4.44. The van der Waals surface area contributed by atoms with E-state index in [4.69, 9.17) is 11.6 Å². The number of carbonyl (C=O) groups excluding carboxylic acids is 1. The van der Waals surface area contributed by atoms with Crippen LogP contribution in [0.3, 0.4) is 0 Å². The van der Waals surface area contributed by atoms with E-state index in [0.29, 0.717) is 4.47 Å². The van der Waals surface area contributed by atoms with Gasteiger partial charge in [-0.05, 0) is 37.3 Å². The molecule has 0 unspecified atom stereocenters. The summed E-state index contributed by atoms with van der Waals surface area (Å²) >= 11 is 8.95. The summed E-state index contributed by atoms with van der Waals surface area (Å²) in [5.74, 6) is -0.840. The lowest BCUT2D eigenvalue weighted by molar-refractivity contribution is 0.101. The summed E-state index contributed by atoms with van der Waals surface area (Å²) in [6.07, 6.45) is 0. The minimum atomic E-state index is -4.09. The van der Waals surface area contributed by atoms with Crippen molar-refractivity contribution in [1.82, 2.24) is 0 Å². The van der Waals surface area contributed by atoms with Crippen molar-refractivity contribution in [2.24, 2.45) is 0 Å². The Kier molecular flexibility index (Phi) is 4.79. The first-order valence-electron chi connectivity index (χ1n) is 6.03. The van der Waals surface area contributed by atoms with E-state index in [9.17, 15) is 18.3 Å². The van der Waals surface area contributed by atoms with Crippen LogP contribution in [0.5, 0.6) is 5.75 Å². The summed E-state index contributed by atoms with van der Waals surface area (Å²) in [5.41, 5.74) is 0.328. The predicted molar refractivity (Wildman–Crippen MR) is 88.1 cm³/mol. The van der Waals surface area contributed by atoms with Gasteiger partial charge in [-0.2, -0.15) is 0 Å². The number of para-hydroxylation sites is 1. The van der Waals surface area contributed by atoms with Crippen LogP contribution in [0.1, 0.15) is 17.3 Å². The van der Waals surface area contributed by atoms with Gasteiger partial charge in [-0.1, -0.05) is 33.6 Å². The van der Waals surface area contributed by atoms with E-state index in [1.165, 1.54) is 37.3 Å². The highest BCUT2D eigenvalue weighted by Crippen LogP contribution is 2.32. The van der Waals surface area contributed by atoms with Gasteiger partial charge in [-0.15, -0.1) is 0 Å². The van der Waals surface area contributed by atoms with Gasteiger partial charge in [0, 0.05) is 10.0 Å². The lowest BCUT2D eigenvalue weighted by Crippen LogP contribution is -2.15. The number of Topliss-reactive ketones (excluding diaryl/α,β-unsaturated/α-hetero) is 1. The van der Waals surface area contributed by atoms with Gasteiger partial charge in [0.05, 0.1) is 10.7 Å². The molecule has 0 spiro atoms. The van der Waals surface area contributed by atoms with Crippen LogP contribution in [0.2, 0.25) is 5.02 Å². The van der Waals surface area contributed by atoms with Crippen molar-refractivity contribution in [2.75, 3.05) is 4.72 Å². The summed E-state index contributed by atoms with van der Waals surface area (Å²) in [7, 11) is -4.09. The fourth-order valence-electron chi connectivity index (χ4n) is 1.81. The molecule has 2 rings (SSSR count). The zero-order chi connectivity index (χ0) is 16.5. The molecule has 2 aromatic rings. The molecule has 0 atom stereocenters. The Morgan fingerprint density at radius 3 is 2.59 bits per heavy atom. The summed E-state index contributed by atoms with van der Waals surface area (Å²) in [5, 5.41) is 9.73. The average Bonchev–Trinajstić information content (AvgIpc) is 2.43.